The standard InChI is InChI=1S/C23H20ClN5O/c1-2-18-13-21(30)29-23(27-18)16-9-10-20(26-14-16)28-22(19-8-3-4-11-25-19)15-6-5-7-17(24)12-15/h3-14,22H,2H2,1H3,(H,26,28)(H,27,29,30). The van der Waals surface area contributed by atoms with Gasteiger partial charge in [-0.3, -0.25) is 9.78 Å². The first-order chi connectivity index (χ1) is 14.6. The molecule has 0 spiro atoms. The van der Waals surface area contributed by atoms with Crippen molar-refractivity contribution in [1.29, 1.82) is 0 Å². The maximum Gasteiger partial charge on any atom is 0.251 e. The number of halogens is 1. The fourth-order valence-corrected chi connectivity index (χ4v) is 3.35. The van der Waals surface area contributed by atoms with Crippen LogP contribution >= 0.6 is 11.6 Å². The van der Waals surface area contributed by atoms with Gasteiger partial charge in [-0.25, -0.2) is 9.97 Å². The number of nitrogens with one attached hydrogen (secondary N) is 2. The number of aromatic nitrogens is 4. The number of aryl methyl sites for hydroxylation is 1. The van der Waals surface area contributed by atoms with Crippen LogP contribution in [0, 0.1) is 0 Å². The summed E-state index contributed by atoms with van der Waals surface area (Å²) in [6, 6.07) is 18.5. The van der Waals surface area contributed by atoms with Gasteiger partial charge in [0.05, 0.1) is 11.7 Å². The lowest BCUT2D eigenvalue weighted by Gasteiger charge is -2.20. The lowest BCUT2D eigenvalue weighted by Crippen LogP contribution is -2.14. The largest absolute Gasteiger partial charge is 0.358 e. The van der Waals surface area contributed by atoms with E-state index in [1.165, 1.54) is 6.07 Å². The summed E-state index contributed by atoms with van der Waals surface area (Å²) in [4.78, 5) is 28.1. The molecular formula is C23H20ClN5O. The van der Waals surface area contributed by atoms with Crippen LogP contribution in [-0.4, -0.2) is 19.9 Å². The fourth-order valence-electron chi connectivity index (χ4n) is 3.15. The Hall–Kier alpha value is -3.51. The van der Waals surface area contributed by atoms with Crippen molar-refractivity contribution in [3.8, 4) is 11.4 Å². The molecule has 150 valence electrons. The molecule has 30 heavy (non-hydrogen) atoms. The molecule has 0 saturated carbocycles. The van der Waals surface area contributed by atoms with Crippen molar-refractivity contribution in [1.82, 2.24) is 19.9 Å². The number of benzene rings is 1. The van der Waals surface area contributed by atoms with Crippen LogP contribution in [0.1, 0.15) is 29.9 Å². The molecule has 0 bridgehead atoms. The Morgan fingerprint density at radius 3 is 2.67 bits per heavy atom. The number of nitrogens with zero attached hydrogens (tertiary/aromatic N) is 3. The van der Waals surface area contributed by atoms with Crippen LogP contribution in [0.5, 0.6) is 0 Å². The molecular weight excluding hydrogens is 398 g/mol. The molecule has 1 unspecified atom stereocenters. The van der Waals surface area contributed by atoms with Gasteiger partial charge in [0.2, 0.25) is 0 Å². The van der Waals surface area contributed by atoms with Crippen molar-refractivity contribution in [3.63, 3.8) is 0 Å². The number of rotatable bonds is 6. The molecule has 0 amide bonds. The normalized spacial score (nSPS) is 11.8. The third-order valence-corrected chi connectivity index (χ3v) is 4.89. The first-order valence-corrected chi connectivity index (χ1v) is 10.00. The third kappa shape index (κ3) is 4.55. The minimum atomic E-state index is -0.218. The second-order valence-electron chi connectivity index (χ2n) is 6.76. The quantitative estimate of drug-likeness (QED) is 0.477. The van der Waals surface area contributed by atoms with Gasteiger partial charge in [-0.1, -0.05) is 36.7 Å². The maximum atomic E-state index is 11.9. The van der Waals surface area contributed by atoms with E-state index >= 15 is 0 Å². The van der Waals surface area contributed by atoms with Crippen LogP contribution < -0.4 is 10.9 Å². The van der Waals surface area contributed by atoms with Gasteiger partial charge in [0.1, 0.15) is 11.6 Å². The summed E-state index contributed by atoms with van der Waals surface area (Å²) >= 11 is 6.21. The van der Waals surface area contributed by atoms with Gasteiger partial charge in [-0.2, -0.15) is 0 Å². The summed E-state index contributed by atoms with van der Waals surface area (Å²) in [6.45, 7) is 1.96. The average molecular weight is 418 g/mol. The van der Waals surface area contributed by atoms with E-state index in [1.807, 2.05) is 61.5 Å². The smallest absolute Gasteiger partial charge is 0.251 e. The maximum absolute atomic E-state index is 11.9. The molecule has 0 saturated heterocycles. The highest BCUT2D eigenvalue weighted by molar-refractivity contribution is 6.30. The van der Waals surface area contributed by atoms with E-state index in [0.717, 1.165) is 22.5 Å². The predicted molar refractivity (Wildman–Crippen MR) is 119 cm³/mol. The third-order valence-electron chi connectivity index (χ3n) is 4.65. The molecule has 1 atom stereocenters. The molecule has 0 aliphatic heterocycles. The van der Waals surface area contributed by atoms with E-state index < -0.39 is 0 Å². The summed E-state index contributed by atoms with van der Waals surface area (Å²) in [6.07, 6.45) is 4.14. The van der Waals surface area contributed by atoms with Crippen LogP contribution in [0.4, 0.5) is 5.82 Å². The Morgan fingerprint density at radius 2 is 1.97 bits per heavy atom. The Morgan fingerprint density at radius 1 is 1.07 bits per heavy atom. The molecule has 4 rings (SSSR count). The topological polar surface area (TPSA) is 83.6 Å². The van der Waals surface area contributed by atoms with Crippen LogP contribution in [0.25, 0.3) is 11.4 Å². The lowest BCUT2D eigenvalue weighted by molar-refractivity contribution is 0.878. The molecule has 2 N–H and O–H groups in total. The average Bonchev–Trinajstić information content (AvgIpc) is 2.78. The van der Waals surface area contributed by atoms with Crippen molar-refractivity contribution < 1.29 is 0 Å². The summed E-state index contributed by atoms with van der Waals surface area (Å²) < 4.78 is 0. The molecule has 0 fully saturated rings. The van der Waals surface area contributed by atoms with Gasteiger partial charge in [-0.15, -0.1) is 0 Å². The van der Waals surface area contributed by atoms with Crippen LogP contribution in [0.2, 0.25) is 5.02 Å². The van der Waals surface area contributed by atoms with Crippen molar-refractivity contribution in [2.75, 3.05) is 5.32 Å². The molecule has 4 aromatic rings. The molecule has 3 aromatic heterocycles. The Bertz CT molecular complexity index is 1190. The zero-order chi connectivity index (χ0) is 20.9. The Kier molecular flexibility index (Phi) is 5.86. The second-order valence-corrected chi connectivity index (χ2v) is 7.19. The van der Waals surface area contributed by atoms with E-state index in [1.54, 1.807) is 12.4 Å². The van der Waals surface area contributed by atoms with Crippen molar-refractivity contribution in [2.24, 2.45) is 0 Å². The van der Waals surface area contributed by atoms with E-state index in [0.29, 0.717) is 23.1 Å². The van der Waals surface area contributed by atoms with Gasteiger partial charge < -0.3 is 10.3 Å². The second kappa shape index (κ2) is 8.88. The first kappa shape index (κ1) is 19.8. The van der Waals surface area contributed by atoms with E-state index in [4.69, 9.17) is 11.6 Å². The minimum Gasteiger partial charge on any atom is -0.358 e. The van der Waals surface area contributed by atoms with Gasteiger partial charge >= 0.3 is 0 Å². The molecule has 0 aliphatic rings. The van der Waals surface area contributed by atoms with E-state index in [9.17, 15) is 4.79 Å². The first-order valence-electron chi connectivity index (χ1n) is 9.62. The number of pyridine rings is 2. The minimum absolute atomic E-state index is 0.171. The molecule has 1 aromatic carbocycles. The highest BCUT2D eigenvalue weighted by atomic mass is 35.5. The fraction of sp³-hybridized carbons (Fsp3) is 0.130. The van der Waals surface area contributed by atoms with Gasteiger partial charge in [0, 0.05) is 34.7 Å². The summed E-state index contributed by atoms with van der Waals surface area (Å²) in [7, 11) is 0. The number of H-pyrrole nitrogens is 1. The van der Waals surface area contributed by atoms with Crippen molar-refractivity contribution in [3.05, 3.63) is 105 Å². The number of anilines is 1. The van der Waals surface area contributed by atoms with Crippen molar-refractivity contribution >= 4 is 17.4 Å². The summed E-state index contributed by atoms with van der Waals surface area (Å²) in [5, 5.41) is 4.08. The van der Waals surface area contributed by atoms with Crippen molar-refractivity contribution in [2.45, 2.75) is 19.4 Å². The number of hydrogen-bond acceptors (Lipinski definition) is 5. The van der Waals surface area contributed by atoms with Gasteiger partial charge in [0.15, 0.2) is 0 Å². The summed E-state index contributed by atoms with van der Waals surface area (Å²) in [5.41, 5.74) is 3.15. The van der Waals surface area contributed by atoms with Crippen LogP contribution in [0.3, 0.4) is 0 Å². The SMILES string of the molecule is CCc1cc(=O)[nH]c(-c2ccc(NC(c3cccc(Cl)c3)c3ccccn3)nc2)n1. The molecule has 3 heterocycles. The monoisotopic (exact) mass is 417 g/mol. The molecule has 0 radical (unpaired) electrons. The predicted octanol–water partition coefficient (Wildman–Crippen LogP) is 4.64. The highest BCUT2D eigenvalue weighted by Crippen LogP contribution is 2.27. The highest BCUT2D eigenvalue weighted by Gasteiger charge is 2.16. The number of aromatic amines is 1. The van der Waals surface area contributed by atoms with E-state index in [-0.39, 0.29) is 11.6 Å². The zero-order valence-electron chi connectivity index (χ0n) is 16.3. The van der Waals surface area contributed by atoms with Crippen LogP contribution in [-0.2, 0) is 6.42 Å². The van der Waals surface area contributed by atoms with Crippen LogP contribution in [0.15, 0.2) is 77.9 Å². The Labute approximate surface area is 179 Å². The number of hydrogen-bond donors (Lipinski definition) is 2. The van der Waals surface area contributed by atoms with Gasteiger partial charge in [0.25, 0.3) is 5.56 Å². The van der Waals surface area contributed by atoms with E-state index in [2.05, 4.69) is 25.3 Å². The zero-order valence-corrected chi connectivity index (χ0v) is 17.1. The van der Waals surface area contributed by atoms with Gasteiger partial charge in [-0.05, 0) is 48.4 Å². The molecule has 7 heteroatoms. The summed E-state index contributed by atoms with van der Waals surface area (Å²) in [5.74, 6) is 1.18. The molecule has 6 nitrogen and oxygen atoms in total. The lowest BCUT2D eigenvalue weighted by atomic mass is 10.0. The molecule has 0 aliphatic carbocycles. The Balaban J connectivity index is 1.64.